The van der Waals surface area contributed by atoms with E-state index in [4.69, 9.17) is 5.26 Å². The van der Waals surface area contributed by atoms with Gasteiger partial charge in [-0.1, -0.05) is 42.5 Å². The van der Waals surface area contributed by atoms with E-state index in [2.05, 4.69) is 12.1 Å². The fraction of sp³-hybridized carbons (Fsp3) is 0. The van der Waals surface area contributed by atoms with Crippen LogP contribution in [0.25, 0.3) is 11.1 Å². The summed E-state index contributed by atoms with van der Waals surface area (Å²) >= 11 is 0. The van der Waals surface area contributed by atoms with Gasteiger partial charge < -0.3 is 0 Å². The van der Waals surface area contributed by atoms with E-state index in [1.165, 1.54) is 0 Å². The lowest BCUT2D eigenvalue weighted by Crippen LogP contribution is -1.89. The molecule has 0 aliphatic carbocycles. The molecule has 0 aromatic heterocycles. The second-order valence-corrected chi connectivity index (χ2v) is 4.03. The standard InChI is InChI=1S/C17H9N3/c18-10-13-6-8-15(9-7-13)17(12-20)16(11-19)14-4-2-1-3-5-14/h1-9H. The molecule has 0 aliphatic heterocycles. The van der Waals surface area contributed by atoms with Gasteiger partial charge in [-0.3, -0.25) is 0 Å². The van der Waals surface area contributed by atoms with Crippen molar-refractivity contribution in [3.05, 3.63) is 71.3 Å². The van der Waals surface area contributed by atoms with Crippen LogP contribution in [0.3, 0.4) is 0 Å². The summed E-state index contributed by atoms with van der Waals surface area (Å²) in [6.07, 6.45) is 0. The molecule has 0 saturated carbocycles. The molecule has 0 amide bonds. The first-order valence-electron chi connectivity index (χ1n) is 5.90. The molecule has 0 bridgehead atoms. The van der Waals surface area contributed by atoms with Crippen LogP contribution in [-0.4, -0.2) is 0 Å². The summed E-state index contributed by atoms with van der Waals surface area (Å²) in [6.45, 7) is 0. The van der Waals surface area contributed by atoms with Gasteiger partial charge in [0.05, 0.1) is 22.8 Å². The van der Waals surface area contributed by atoms with E-state index in [9.17, 15) is 10.5 Å². The lowest BCUT2D eigenvalue weighted by molar-refractivity contribution is 1.47. The minimum atomic E-state index is 0.309. The molecule has 0 spiro atoms. The van der Waals surface area contributed by atoms with Crippen molar-refractivity contribution in [3.63, 3.8) is 0 Å². The molecule has 0 fully saturated rings. The summed E-state index contributed by atoms with van der Waals surface area (Å²) in [4.78, 5) is 0. The molecule has 0 unspecified atom stereocenters. The zero-order chi connectivity index (χ0) is 14.4. The Hall–Kier alpha value is -3.35. The van der Waals surface area contributed by atoms with Gasteiger partial charge in [0, 0.05) is 0 Å². The molecule has 0 atom stereocenters. The Labute approximate surface area is 117 Å². The van der Waals surface area contributed by atoms with Crippen LogP contribution < -0.4 is 0 Å². The molecule has 0 N–H and O–H groups in total. The zero-order valence-corrected chi connectivity index (χ0v) is 10.5. The van der Waals surface area contributed by atoms with Gasteiger partial charge >= 0.3 is 0 Å². The number of benzene rings is 2. The summed E-state index contributed by atoms with van der Waals surface area (Å²) in [5.74, 6) is 0. The molecule has 3 heteroatoms. The molecule has 0 aliphatic rings. The molecule has 0 heterocycles. The first-order valence-corrected chi connectivity index (χ1v) is 5.90. The third-order valence-corrected chi connectivity index (χ3v) is 2.84. The molecule has 2 aromatic carbocycles. The van der Waals surface area contributed by atoms with E-state index in [0.29, 0.717) is 27.8 Å². The Balaban J connectivity index is 2.60. The number of rotatable bonds is 2. The maximum absolute atomic E-state index is 9.34. The summed E-state index contributed by atoms with van der Waals surface area (Å²) in [5.41, 5.74) is 2.49. The SMILES string of the molecule is N#CC(=C(C#N)c1ccc(C#N)cc1)c1ccccc1. The minimum Gasteiger partial charge on any atom is -0.192 e. The van der Waals surface area contributed by atoms with Crippen LogP contribution in [0.1, 0.15) is 16.7 Å². The van der Waals surface area contributed by atoms with E-state index in [0.717, 1.165) is 0 Å². The average molecular weight is 255 g/mol. The van der Waals surface area contributed by atoms with E-state index >= 15 is 0 Å². The van der Waals surface area contributed by atoms with Gasteiger partial charge in [-0.05, 0) is 23.3 Å². The maximum atomic E-state index is 9.34. The molecule has 0 saturated heterocycles. The average Bonchev–Trinajstić information content (AvgIpc) is 2.53. The lowest BCUT2D eigenvalue weighted by Gasteiger charge is -2.04. The number of nitriles is 3. The van der Waals surface area contributed by atoms with Crippen LogP contribution >= 0.6 is 0 Å². The van der Waals surface area contributed by atoms with Crippen molar-refractivity contribution in [3.8, 4) is 18.2 Å². The normalized spacial score (nSPS) is 10.7. The van der Waals surface area contributed by atoms with E-state index in [1.807, 2.05) is 24.3 Å². The quantitative estimate of drug-likeness (QED) is 0.608. The van der Waals surface area contributed by atoms with E-state index in [1.54, 1.807) is 36.4 Å². The Morgan fingerprint density at radius 3 is 1.60 bits per heavy atom. The molecule has 2 aromatic rings. The van der Waals surface area contributed by atoms with Crippen LogP contribution in [0, 0.1) is 34.0 Å². The molecular formula is C17H9N3. The van der Waals surface area contributed by atoms with Crippen LogP contribution in [-0.2, 0) is 0 Å². The van der Waals surface area contributed by atoms with Crippen molar-refractivity contribution in [1.82, 2.24) is 0 Å². The van der Waals surface area contributed by atoms with Gasteiger partial charge in [0.15, 0.2) is 0 Å². The highest BCUT2D eigenvalue weighted by atomic mass is 14.3. The van der Waals surface area contributed by atoms with Crippen LogP contribution in [0.15, 0.2) is 54.6 Å². The number of hydrogen-bond acceptors (Lipinski definition) is 3. The van der Waals surface area contributed by atoms with Crippen LogP contribution in [0.4, 0.5) is 0 Å². The minimum absolute atomic E-state index is 0.309. The third kappa shape index (κ3) is 2.56. The number of nitrogens with zero attached hydrogens (tertiary/aromatic N) is 3. The molecule has 2 rings (SSSR count). The maximum Gasteiger partial charge on any atom is 0.101 e. The van der Waals surface area contributed by atoms with Crippen molar-refractivity contribution in [2.45, 2.75) is 0 Å². The Kier molecular flexibility index (Phi) is 3.93. The van der Waals surface area contributed by atoms with Gasteiger partial charge in [-0.15, -0.1) is 0 Å². The highest BCUT2D eigenvalue weighted by molar-refractivity contribution is 6.02. The van der Waals surface area contributed by atoms with Gasteiger partial charge in [0.25, 0.3) is 0 Å². The summed E-state index contributed by atoms with van der Waals surface area (Å²) in [6, 6.07) is 21.9. The van der Waals surface area contributed by atoms with E-state index in [-0.39, 0.29) is 0 Å². The lowest BCUT2D eigenvalue weighted by atomic mass is 9.96. The van der Waals surface area contributed by atoms with Crippen molar-refractivity contribution in [1.29, 1.82) is 15.8 Å². The molecular weight excluding hydrogens is 246 g/mol. The summed E-state index contributed by atoms with van der Waals surface area (Å²) in [5, 5.41) is 27.5. The molecule has 3 nitrogen and oxygen atoms in total. The van der Waals surface area contributed by atoms with Crippen LogP contribution in [0.5, 0.6) is 0 Å². The largest absolute Gasteiger partial charge is 0.192 e. The molecule has 0 radical (unpaired) electrons. The fourth-order valence-corrected chi connectivity index (χ4v) is 1.85. The Morgan fingerprint density at radius 1 is 0.650 bits per heavy atom. The topological polar surface area (TPSA) is 71.4 Å². The third-order valence-electron chi connectivity index (χ3n) is 2.84. The monoisotopic (exact) mass is 255 g/mol. The first kappa shape index (κ1) is 13.1. The number of hydrogen-bond donors (Lipinski definition) is 0. The Bertz CT molecular complexity index is 764. The second-order valence-electron chi connectivity index (χ2n) is 4.03. The fourth-order valence-electron chi connectivity index (χ4n) is 1.85. The smallest absolute Gasteiger partial charge is 0.101 e. The first-order chi connectivity index (χ1) is 9.80. The van der Waals surface area contributed by atoms with Gasteiger partial charge in [0.1, 0.15) is 12.1 Å². The predicted octanol–water partition coefficient (Wildman–Crippen LogP) is 3.52. The second kappa shape index (κ2) is 6.01. The van der Waals surface area contributed by atoms with Gasteiger partial charge in [-0.2, -0.15) is 15.8 Å². The molecule has 20 heavy (non-hydrogen) atoms. The summed E-state index contributed by atoms with van der Waals surface area (Å²) in [7, 11) is 0. The highest BCUT2D eigenvalue weighted by Gasteiger charge is 2.11. The van der Waals surface area contributed by atoms with Crippen molar-refractivity contribution < 1.29 is 0 Å². The van der Waals surface area contributed by atoms with Crippen molar-refractivity contribution in [2.24, 2.45) is 0 Å². The zero-order valence-electron chi connectivity index (χ0n) is 10.5. The van der Waals surface area contributed by atoms with Crippen molar-refractivity contribution >= 4 is 11.1 Å². The summed E-state index contributed by atoms with van der Waals surface area (Å²) < 4.78 is 0. The Morgan fingerprint density at radius 2 is 1.15 bits per heavy atom. The van der Waals surface area contributed by atoms with E-state index < -0.39 is 0 Å². The van der Waals surface area contributed by atoms with Crippen LogP contribution in [0.2, 0.25) is 0 Å². The molecule has 92 valence electrons. The van der Waals surface area contributed by atoms with Crippen molar-refractivity contribution in [2.75, 3.05) is 0 Å². The number of allylic oxidation sites excluding steroid dienone is 2. The highest BCUT2D eigenvalue weighted by Crippen LogP contribution is 2.25. The van der Waals surface area contributed by atoms with Gasteiger partial charge in [0.2, 0.25) is 0 Å². The predicted molar refractivity (Wildman–Crippen MR) is 75.6 cm³/mol. The van der Waals surface area contributed by atoms with Gasteiger partial charge in [-0.25, -0.2) is 0 Å².